The van der Waals surface area contributed by atoms with E-state index in [1.807, 2.05) is 0 Å². The molecule has 2 aromatic rings. The van der Waals surface area contributed by atoms with Crippen molar-refractivity contribution in [3.63, 3.8) is 0 Å². The Bertz CT molecular complexity index is 602. The monoisotopic (exact) mass is 311 g/mol. The molecule has 0 unspecified atom stereocenters. The predicted molar refractivity (Wildman–Crippen MR) is 79.9 cm³/mol. The van der Waals surface area contributed by atoms with E-state index in [1.165, 1.54) is 12.1 Å². The van der Waals surface area contributed by atoms with Crippen LogP contribution in [0.4, 0.5) is 8.78 Å². The van der Waals surface area contributed by atoms with Gasteiger partial charge in [-0.05, 0) is 25.1 Å². The lowest BCUT2D eigenvalue weighted by molar-refractivity contribution is -0.0469. The number of alkyl halides is 2. The van der Waals surface area contributed by atoms with Gasteiger partial charge < -0.3 is 10.5 Å². The Hall–Kier alpha value is -1.65. The minimum Gasteiger partial charge on any atom is -0.487 e. The Morgan fingerprint density at radius 1 is 1.19 bits per heavy atom. The molecule has 2 N–H and O–H groups in total. The second-order valence-electron chi connectivity index (χ2n) is 4.83. The van der Waals surface area contributed by atoms with Crippen LogP contribution < -0.4 is 10.5 Å². The Labute approximate surface area is 127 Å². The minimum absolute atomic E-state index is 0.0821. The van der Waals surface area contributed by atoms with Gasteiger partial charge in [0.05, 0.1) is 0 Å². The van der Waals surface area contributed by atoms with Crippen molar-refractivity contribution in [2.24, 2.45) is 5.73 Å². The van der Waals surface area contributed by atoms with E-state index in [-0.39, 0.29) is 11.6 Å². The van der Waals surface area contributed by atoms with Crippen LogP contribution in [0.3, 0.4) is 0 Å². The molecule has 0 aromatic heterocycles. The number of benzene rings is 2. The molecule has 0 amide bonds. The average Bonchev–Trinajstić information content (AvgIpc) is 2.47. The summed E-state index contributed by atoms with van der Waals surface area (Å²) in [6.45, 7) is 0.992. The molecule has 0 aliphatic heterocycles. The van der Waals surface area contributed by atoms with E-state index in [2.05, 4.69) is 0 Å². The van der Waals surface area contributed by atoms with Crippen LogP contribution >= 0.6 is 11.6 Å². The lowest BCUT2D eigenvalue weighted by atomic mass is 10.1. The van der Waals surface area contributed by atoms with Gasteiger partial charge in [-0.15, -0.1) is 0 Å². The SMILES string of the molecule is C[C@H](N)c1cc(Cl)ccc1OCC(F)(F)c1ccccc1. The Morgan fingerprint density at radius 3 is 2.48 bits per heavy atom. The summed E-state index contributed by atoms with van der Waals surface area (Å²) in [6.07, 6.45) is 0. The predicted octanol–water partition coefficient (Wildman–Crippen LogP) is 4.53. The van der Waals surface area contributed by atoms with Gasteiger partial charge in [0.25, 0.3) is 0 Å². The van der Waals surface area contributed by atoms with E-state index in [9.17, 15) is 8.78 Å². The zero-order valence-corrected chi connectivity index (χ0v) is 12.3. The molecule has 0 bridgehead atoms. The third kappa shape index (κ3) is 3.93. The first-order chi connectivity index (χ1) is 9.90. The van der Waals surface area contributed by atoms with Crippen LogP contribution in [-0.2, 0) is 5.92 Å². The van der Waals surface area contributed by atoms with Crippen LogP contribution in [0.5, 0.6) is 5.75 Å². The highest BCUT2D eigenvalue weighted by molar-refractivity contribution is 6.30. The fraction of sp³-hybridized carbons (Fsp3) is 0.250. The minimum atomic E-state index is -3.07. The number of hydrogen-bond acceptors (Lipinski definition) is 2. The molecule has 112 valence electrons. The maximum absolute atomic E-state index is 14.1. The highest BCUT2D eigenvalue weighted by Gasteiger charge is 2.32. The summed E-state index contributed by atoms with van der Waals surface area (Å²) >= 11 is 5.89. The number of rotatable bonds is 5. The molecule has 0 saturated heterocycles. The van der Waals surface area contributed by atoms with Gasteiger partial charge in [-0.25, -0.2) is 0 Å². The molecule has 0 fully saturated rings. The summed E-state index contributed by atoms with van der Waals surface area (Å²) in [4.78, 5) is 0. The molecule has 0 saturated carbocycles. The van der Waals surface area contributed by atoms with Crippen LogP contribution in [0.1, 0.15) is 24.1 Å². The first kappa shape index (κ1) is 15.7. The van der Waals surface area contributed by atoms with Gasteiger partial charge in [0, 0.05) is 22.2 Å². The largest absolute Gasteiger partial charge is 0.487 e. The third-order valence-corrected chi connectivity index (χ3v) is 3.30. The zero-order chi connectivity index (χ0) is 15.5. The van der Waals surface area contributed by atoms with Gasteiger partial charge in [0.2, 0.25) is 0 Å². The average molecular weight is 312 g/mol. The molecule has 5 heteroatoms. The molecule has 0 radical (unpaired) electrons. The highest BCUT2D eigenvalue weighted by Crippen LogP contribution is 2.32. The maximum Gasteiger partial charge on any atom is 0.306 e. The first-order valence-corrected chi connectivity index (χ1v) is 6.89. The van der Waals surface area contributed by atoms with E-state index in [1.54, 1.807) is 43.3 Å². The number of hydrogen-bond donors (Lipinski definition) is 1. The fourth-order valence-electron chi connectivity index (χ4n) is 1.94. The molecule has 1 atom stereocenters. The van der Waals surface area contributed by atoms with Crippen LogP contribution in [0.25, 0.3) is 0 Å². The smallest absolute Gasteiger partial charge is 0.306 e. The van der Waals surface area contributed by atoms with Crippen molar-refractivity contribution in [3.8, 4) is 5.75 Å². The van der Waals surface area contributed by atoms with Crippen molar-refractivity contribution < 1.29 is 13.5 Å². The molecule has 21 heavy (non-hydrogen) atoms. The highest BCUT2D eigenvalue weighted by atomic mass is 35.5. The summed E-state index contributed by atoms with van der Waals surface area (Å²) in [7, 11) is 0. The van der Waals surface area contributed by atoms with Crippen LogP contribution in [0.2, 0.25) is 5.02 Å². The van der Waals surface area contributed by atoms with Gasteiger partial charge in [0.1, 0.15) is 5.75 Å². The van der Waals surface area contributed by atoms with Crippen LogP contribution in [0.15, 0.2) is 48.5 Å². The van der Waals surface area contributed by atoms with Crippen molar-refractivity contribution in [1.29, 1.82) is 0 Å². The maximum atomic E-state index is 14.1. The normalized spacial score (nSPS) is 13.0. The summed E-state index contributed by atoms with van der Waals surface area (Å²) in [5.41, 5.74) is 6.33. The van der Waals surface area contributed by atoms with Gasteiger partial charge in [-0.1, -0.05) is 41.9 Å². The van der Waals surface area contributed by atoms with E-state index in [0.29, 0.717) is 16.3 Å². The molecule has 2 rings (SSSR count). The molecule has 0 aliphatic rings. The molecule has 2 nitrogen and oxygen atoms in total. The van der Waals surface area contributed by atoms with Crippen molar-refractivity contribution in [1.82, 2.24) is 0 Å². The summed E-state index contributed by atoms with van der Waals surface area (Å²) < 4.78 is 33.4. The first-order valence-electron chi connectivity index (χ1n) is 6.51. The lowest BCUT2D eigenvalue weighted by Gasteiger charge is -2.20. The summed E-state index contributed by atoms with van der Waals surface area (Å²) in [6, 6.07) is 12.0. The molecule has 0 spiro atoms. The van der Waals surface area contributed by atoms with Gasteiger partial charge >= 0.3 is 5.92 Å². The lowest BCUT2D eigenvalue weighted by Crippen LogP contribution is -2.23. The third-order valence-electron chi connectivity index (χ3n) is 3.07. The van der Waals surface area contributed by atoms with E-state index < -0.39 is 12.5 Å². The second kappa shape index (κ2) is 6.41. The molecule has 2 aromatic carbocycles. The Morgan fingerprint density at radius 2 is 1.86 bits per heavy atom. The standard InChI is InChI=1S/C16H16ClF2NO/c1-11(20)14-9-13(17)7-8-15(14)21-10-16(18,19)12-5-3-2-4-6-12/h2-9,11H,10,20H2,1H3/t11-/m0/s1. The summed E-state index contributed by atoms with van der Waals surface area (Å²) in [5.74, 6) is -2.75. The van der Waals surface area contributed by atoms with E-state index in [4.69, 9.17) is 22.1 Å². The number of nitrogens with two attached hydrogens (primary N) is 1. The number of ether oxygens (including phenoxy) is 1. The van der Waals surface area contributed by atoms with Crippen molar-refractivity contribution in [3.05, 3.63) is 64.7 Å². The summed E-state index contributed by atoms with van der Waals surface area (Å²) in [5, 5.41) is 0.490. The molecular formula is C16H16ClF2NO. The Balaban J connectivity index is 2.16. The van der Waals surface area contributed by atoms with Gasteiger partial charge in [-0.2, -0.15) is 8.78 Å². The molecular weight excluding hydrogens is 296 g/mol. The number of halogens is 3. The molecule has 0 aliphatic carbocycles. The van der Waals surface area contributed by atoms with Crippen molar-refractivity contribution in [2.45, 2.75) is 18.9 Å². The van der Waals surface area contributed by atoms with Crippen molar-refractivity contribution >= 4 is 11.6 Å². The zero-order valence-electron chi connectivity index (χ0n) is 11.5. The Kier molecular flexibility index (Phi) is 4.80. The molecule has 0 heterocycles. The van der Waals surface area contributed by atoms with E-state index >= 15 is 0 Å². The fourth-order valence-corrected chi connectivity index (χ4v) is 2.12. The van der Waals surface area contributed by atoms with E-state index in [0.717, 1.165) is 0 Å². The van der Waals surface area contributed by atoms with Crippen molar-refractivity contribution in [2.75, 3.05) is 6.61 Å². The second-order valence-corrected chi connectivity index (χ2v) is 5.27. The topological polar surface area (TPSA) is 35.2 Å². The quantitative estimate of drug-likeness (QED) is 0.880. The van der Waals surface area contributed by atoms with Gasteiger partial charge in [0.15, 0.2) is 6.61 Å². The van der Waals surface area contributed by atoms with Gasteiger partial charge in [-0.3, -0.25) is 0 Å². The van der Waals surface area contributed by atoms with Crippen LogP contribution in [-0.4, -0.2) is 6.61 Å². The van der Waals surface area contributed by atoms with Crippen LogP contribution in [0, 0.1) is 0 Å².